The van der Waals surface area contributed by atoms with Crippen LogP contribution >= 0.6 is 15.9 Å². The first-order valence-corrected chi connectivity index (χ1v) is 4.85. The number of rotatable bonds is 2. The smallest absolute Gasteiger partial charge is 0.152 e. The summed E-state index contributed by atoms with van der Waals surface area (Å²) in [5, 5.41) is 0.867. The molecule has 0 aliphatic carbocycles. The maximum absolute atomic E-state index is 10.7. The Morgan fingerprint density at radius 2 is 2.29 bits per heavy atom. The number of carbonyl (C=O) groups excluding carboxylic acids is 1. The molecule has 0 aliphatic rings. The van der Waals surface area contributed by atoms with Gasteiger partial charge in [-0.15, -0.1) is 0 Å². The van der Waals surface area contributed by atoms with Gasteiger partial charge in [0.15, 0.2) is 6.29 Å². The van der Waals surface area contributed by atoms with Crippen molar-refractivity contribution in [2.45, 2.75) is 0 Å². The van der Waals surface area contributed by atoms with Gasteiger partial charge in [-0.3, -0.25) is 4.79 Å². The van der Waals surface area contributed by atoms with Gasteiger partial charge in [0.2, 0.25) is 0 Å². The highest BCUT2D eigenvalue weighted by molar-refractivity contribution is 9.10. The number of methoxy groups -OCH3 is 1. The summed E-state index contributed by atoms with van der Waals surface area (Å²) >= 11 is 3.36. The Morgan fingerprint density at radius 3 is 2.93 bits per heavy atom. The Hall–Kier alpha value is -1.29. The molecule has 0 bridgehead atoms. The molecule has 3 nitrogen and oxygen atoms in total. The van der Waals surface area contributed by atoms with E-state index < -0.39 is 0 Å². The van der Waals surface area contributed by atoms with Crippen molar-refractivity contribution in [3.8, 4) is 5.75 Å². The molecule has 14 heavy (non-hydrogen) atoms. The molecule has 1 heterocycles. The minimum absolute atomic E-state index is 0.639. The van der Waals surface area contributed by atoms with E-state index in [-0.39, 0.29) is 0 Å². The highest BCUT2D eigenvalue weighted by atomic mass is 79.9. The van der Waals surface area contributed by atoms with Crippen LogP contribution in [0.5, 0.6) is 5.75 Å². The molecule has 0 fully saturated rings. The number of aromatic amines is 1. The third-order valence-electron chi connectivity index (χ3n) is 2.10. The lowest BCUT2D eigenvalue weighted by Gasteiger charge is -2.02. The average Bonchev–Trinajstić information content (AvgIpc) is 2.59. The van der Waals surface area contributed by atoms with Crippen LogP contribution in [0.4, 0.5) is 0 Å². The SMILES string of the molecule is COc1cc(Br)cc2c(C=O)c[nH]c12. The van der Waals surface area contributed by atoms with Crippen molar-refractivity contribution >= 4 is 33.1 Å². The number of hydrogen-bond acceptors (Lipinski definition) is 2. The quantitative estimate of drug-likeness (QED) is 0.837. The van der Waals surface area contributed by atoms with Crippen LogP contribution in [0.2, 0.25) is 0 Å². The molecule has 72 valence electrons. The van der Waals surface area contributed by atoms with E-state index in [1.807, 2.05) is 12.1 Å². The van der Waals surface area contributed by atoms with Gasteiger partial charge >= 0.3 is 0 Å². The van der Waals surface area contributed by atoms with Crippen LogP contribution in [-0.2, 0) is 0 Å². The summed E-state index contributed by atoms with van der Waals surface area (Å²) < 4.78 is 6.08. The van der Waals surface area contributed by atoms with E-state index in [2.05, 4.69) is 20.9 Å². The largest absolute Gasteiger partial charge is 0.495 e. The molecule has 0 unspecified atom stereocenters. The van der Waals surface area contributed by atoms with Crippen molar-refractivity contribution in [1.82, 2.24) is 4.98 Å². The second-order valence-electron chi connectivity index (χ2n) is 2.89. The number of H-pyrrole nitrogens is 1. The highest BCUT2D eigenvalue weighted by Crippen LogP contribution is 2.30. The number of fused-ring (bicyclic) bond motifs is 1. The van der Waals surface area contributed by atoms with E-state index >= 15 is 0 Å². The lowest BCUT2D eigenvalue weighted by Crippen LogP contribution is -1.84. The number of hydrogen-bond donors (Lipinski definition) is 1. The van der Waals surface area contributed by atoms with Gasteiger partial charge < -0.3 is 9.72 Å². The summed E-state index contributed by atoms with van der Waals surface area (Å²) in [6, 6.07) is 3.74. The normalized spacial score (nSPS) is 10.4. The predicted molar refractivity (Wildman–Crippen MR) is 57.9 cm³/mol. The second-order valence-corrected chi connectivity index (χ2v) is 3.81. The first kappa shape index (κ1) is 9.27. The fourth-order valence-electron chi connectivity index (χ4n) is 1.44. The Labute approximate surface area is 89.2 Å². The van der Waals surface area contributed by atoms with E-state index in [9.17, 15) is 4.79 Å². The number of nitrogens with one attached hydrogen (secondary N) is 1. The Morgan fingerprint density at radius 1 is 1.50 bits per heavy atom. The number of halogens is 1. The molecule has 0 saturated carbocycles. The molecule has 0 saturated heterocycles. The summed E-state index contributed by atoms with van der Waals surface area (Å²) in [4.78, 5) is 13.7. The third-order valence-corrected chi connectivity index (χ3v) is 2.55. The lowest BCUT2D eigenvalue weighted by atomic mass is 10.2. The number of carbonyl (C=O) groups is 1. The summed E-state index contributed by atoms with van der Waals surface area (Å²) in [6.45, 7) is 0. The third kappa shape index (κ3) is 1.32. The predicted octanol–water partition coefficient (Wildman–Crippen LogP) is 2.75. The number of benzene rings is 1. The summed E-state index contributed by atoms with van der Waals surface area (Å²) in [5.41, 5.74) is 1.48. The maximum atomic E-state index is 10.7. The summed E-state index contributed by atoms with van der Waals surface area (Å²) in [7, 11) is 1.60. The van der Waals surface area contributed by atoms with Crippen molar-refractivity contribution < 1.29 is 9.53 Å². The molecule has 0 radical (unpaired) electrons. The van der Waals surface area contributed by atoms with Gasteiger partial charge in [-0.1, -0.05) is 15.9 Å². The zero-order valence-electron chi connectivity index (χ0n) is 7.50. The molecule has 1 N–H and O–H groups in total. The van der Waals surface area contributed by atoms with Crippen molar-refractivity contribution in [2.75, 3.05) is 7.11 Å². The Balaban J connectivity index is 2.83. The van der Waals surface area contributed by atoms with Gasteiger partial charge in [0.25, 0.3) is 0 Å². The number of ether oxygens (including phenoxy) is 1. The molecule has 0 amide bonds. The topological polar surface area (TPSA) is 42.1 Å². The number of aromatic nitrogens is 1. The molecular formula is C10H8BrNO2. The Kier molecular flexibility index (Phi) is 2.29. The monoisotopic (exact) mass is 253 g/mol. The zero-order valence-corrected chi connectivity index (χ0v) is 9.09. The molecule has 0 spiro atoms. The second kappa shape index (κ2) is 3.46. The molecule has 1 aromatic heterocycles. The maximum Gasteiger partial charge on any atom is 0.152 e. The molecule has 4 heteroatoms. The van der Waals surface area contributed by atoms with Crippen LogP contribution < -0.4 is 4.74 Å². The van der Waals surface area contributed by atoms with Crippen LogP contribution in [0.15, 0.2) is 22.8 Å². The van der Waals surface area contributed by atoms with Gasteiger partial charge in [0.05, 0.1) is 12.6 Å². The van der Waals surface area contributed by atoms with Gasteiger partial charge in [0, 0.05) is 21.6 Å². The molecule has 0 aliphatic heterocycles. The lowest BCUT2D eigenvalue weighted by molar-refractivity contribution is 0.112. The molecule has 0 atom stereocenters. The molecule has 1 aromatic carbocycles. The number of aldehydes is 1. The minimum Gasteiger partial charge on any atom is -0.495 e. The summed E-state index contributed by atoms with van der Waals surface area (Å²) in [5.74, 6) is 0.725. The van der Waals surface area contributed by atoms with Crippen molar-refractivity contribution in [2.24, 2.45) is 0 Å². The van der Waals surface area contributed by atoms with Crippen molar-refractivity contribution in [3.05, 3.63) is 28.4 Å². The van der Waals surface area contributed by atoms with Crippen LogP contribution in [0.3, 0.4) is 0 Å². The molecule has 2 rings (SSSR count). The highest BCUT2D eigenvalue weighted by Gasteiger charge is 2.08. The van der Waals surface area contributed by atoms with E-state index in [0.717, 1.165) is 27.4 Å². The fourth-order valence-corrected chi connectivity index (χ4v) is 1.88. The average molecular weight is 254 g/mol. The van der Waals surface area contributed by atoms with Crippen LogP contribution in [-0.4, -0.2) is 18.4 Å². The fraction of sp³-hybridized carbons (Fsp3) is 0.100. The van der Waals surface area contributed by atoms with E-state index in [4.69, 9.17) is 4.74 Å². The standard InChI is InChI=1S/C10H8BrNO2/c1-14-9-3-7(11)2-8-6(5-13)4-12-10(8)9/h2-5,12H,1H3. The van der Waals surface area contributed by atoms with Crippen molar-refractivity contribution in [1.29, 1.82) is 0 Å². The molecule has 2 aromatic rings. The van der Waals surface area contributed by atoms with E-state index in [1.54, 1.807) is 13.3 Å². The summed E-state index contributed by atoms with van der Waals surface area (Å²) in [6.07, 6.45) is 2.50. The van der Waals surface area contributed by atoms with Crippen LogP contribution in [0, 0.1) is 0 Å². The Bertz CT molecular complexity index is 490. The van der Waals surface area contributed by atoms with Crippen molar-refractivity contribution in [3.63, 3.8) is 0 Å². The minimum atomic E-state index is 0.639. The van der Waals surface area contributed by atoms with Crippen LogP contribution in [0.1, 0.15) is 10.4 Å². The van der Waals surface area contributed by atoms with Gasteiger partial charge in [0.1, 0.15) is 5.75 Å². The van der Waals surface area contributed by atoms with Gasteiger partial charge in [-0.05, 0) is 12.1 Å². The van der Waals surface area contributed by atoms with Crippen LogP contribution in [0.25, 0.3) is 10.9 Å². The van der Waals surface area contributed by atoms with E-state index in [1.165, 1.54) is 0 Å². The van der Waals surface area contributed by atoms with E-state index in [0.29, 0.717) is 5.56 Å². The van der Waals surface area contributed by atoms with Gasteiger partial charge in [-0.2, -0.15) is 0 Å². The zero-order chi connectivity index (χ0) is 10.1. The molecular weight excluding hydrogens is 246 g/mol. The first-order valence-electron chi connectivity index (χ1n) is 4.06. The first-order chi connectivity index (χ1) is 6.76. The van der Waals surface area contributed by atoms with Gasteiger partial charge in [-0.25, -0.2) is 0 Å².